The quantitative estimate of drug-likeness (QED) is 0.293. The van der Waals surface area contributed by atoms with Crippen molar-refractivity contribution in [2.45, 2.75) is 91.1 Å². The highest BCUT2D eigenvalue weighted by Crippen LogP contribution is 2.66. The Kier molecular flexibility index (Phi) is 4.12. The van der Waals surface area contributed by atoms with E-state index in [0.717, 1.165) is 30.1 Å². The molecule has 4 aliphatic rings. The highest BCUT2D eigenvalue weighted by Gasteiger charge is 2.60. The summed E-state index contributed by atoms with van der Waals surface area (Å²) in [5, 5.41) is 12.3. The molecule has 0 spiro atoms. The molecule has 136 valence electrons. The molecule has 0 aromatic carbocycles. The van der Waals surface area contributed by atoms with E-state index in [-0.39, 0.29) is 11.5 Å². The highest BCUT2D eigenvalue weighted by atomic mass is 16.5. The van der Waals surface area contributed by atoms with Gasteiger partial charge in [0, 0.05) is 12.3 Å². The van der Waals surface area contributed by atoms with E-state index in [4.69, 9.17) is 9.94 Å². The van der Waals surface area contributed by atoms with Crippen LogP contribution in [-0.4, -0.2) is 17.2 Å². The van der Waals surface area contributed by atoms with Crippen molar-refractivity contribution in [3.8, 4) is 0 Å². The van der Waals surface area contributed by atoms with Crippen molar-refractivity contribution < 1.29 is 9.94 Å². The minimum Gasteiger partial charge on any atom is -0.475 e. The molecule has 0 aliphatic heterocycles. The number of hydrogen-bond donors (Lipinski definition) is 1. The zero-order chi connectivity index (χ0) is 16.9. The first-order valence-corrected chi connectivity index (χ1v) is 10.3. The Morgan fingerprint density at radius 3 is 2.50 bits per heavy atom. The summed E-state index contributed by atoms with van der Waals surface area (Å²) >= 11 is 0. The lowest BCUT2D eigenvalue weighted by molar-refractivity contribution is -0.119. The third kappa shape index (κ3) is 2.33. The molecule has 4 aliphatic carbocycles. The van der Waals surface area contributed by atoms with Gasteiger partial charge in [0.05, 0.1) is 0 Å². The van der Waals surface area contributed by atoms with Crippen LogP contribution in [0.4, 0.5) is 0 Å². The van der Waals surface area contributed by atoms with Crippen LogP contribution in [0.1, 0.15) is 85.0 Å². The summed E-state index contributed by atoms with van der Waals surface area (Å²) in [6.45, 7) is 6.88. The first-order valence-electron chi connectivity index (χ1n) is 10.3. The van der Waals surface area contributed by atoms with Gasteiger partial charge in [0.15, 0.2) is 0 Å². The lowest BCUT2D eigenvalue weighted by atomic mass is 9.45. The molecule has 1 N–H and O–H groups in total. The Morgan fingerprint density at radius 2 is 1.71 bits per heavy atom. The zero-order valence-electron chi connectivity index (χ0n) is 15.8. The fourth-order valence-electron chi connectivity index (χ4n) is 7.67. The van der Waals surface area contributed by atoms with Crippen LogP contribution >= 0.6 is 0 Å². The zero-order valence-corrected chi connectivity index (χ0v) is 15.8. The molecule has 0 saturated heterocycles. The van der Waals surface area contributed by atoms with E-state index in [2.05, 4.69) is 19.0 Å². The summed E-state index contributed by atoms with van der Waals surface area (Å²) in [5.41, 5.74) is 0.898. The first-order chi connectivity index (χ1) is 11.5. The topological polar surface area (TPSA) is 41.8 Å². The van der Waals surface area contributed by atoms with Crippen LogP contribution in [0.3, 0.4) is 0 Å². The molecule has 24 heavy (non-hydrogen) atoms. The van der Waals surface area contributed by atoms with Crippen molar-refractivity contribution in [2.75, 3.05) is 0 Å². The van der Waals surface area contributed by atoms with Crippen molar-refractivity contribution in [1.29, 1.82) is 0 Å². The van der Waals surface area contributed by atoms with Gasteiger partial charge in [0.25, 0.3) is 0 Å². The van der Waals surface area contributed by atoms with E-state index in [1.54, 1.807) is 6.92 Å². The van der Waals surface area contributed by atoms with Crippen LogP contribution in [0.25, 0.3) is 0 Å². The SMILES string of the molecule is CC(=NO)OC1CC[C@H]2[C@@H]3CCC4CCCC[C@]4(C)[C@@H]3CC[C@]12C. The van der Waals surface area contributed by atoms with Gasteiger partial charge in [0.1, 0.15) is 6.10 Å². The van der Waals surface area contributed by atoms with E-state index < -0.39 is 0 Å². The Morgan fingerprint density at radius 1 is 0.917 bits per heavy atom. The minimum absolute atomic E-state index is 0.247. The summed E-state index contributed by atoms with van der Waals surface area (Å²) in [6.07, 6.45) is 14.2. The van der Waals surface area contributed by atoms with E-state index in [9.17, 15) is 0 Å². The van der Waals surface area contributed by atoms with Gasteiger partial charge in [-0.3, -0.25) is 0 Å². The maximum atomic E-state index is 8.99. The second-order valence-electron chi connectivity index (χ2n) is 9.75. The van der Waals surface area contributed by atoms with Crippen molar-refractivity contribution in [2.24, 2.45) is 39.7 Å². The smallest absolute Gasteiger partial charge is 0.222 e. The van der Waals surface area contributed by atoms with Gasteiger partial charge in [-0.2, -0.15) is 0 Å². The molecule has 7 atom stereocenters. The molecule has 0 aromatic rings. The fraction of sp³-hybridized carbons (Fsp3) is 0.952. The fourth-order valence-corrected chi connectivity index (χ4v) is 7.67. The van der Waals surface area contributed by atoms with Gasteiger partial charge in [-0.25, -0.2) is 0 Å². The van der Waals surface area contributed by atoms with E-state index in [1.165, 1.54) is 57.8 Å². The molecule has 4 rings (SSSR count). The monoisotopic (exact) mass is 333 g/mol. The van der Waals surface area contributed by atoms with Crippen molar-refractivity contribution in [3.63, 3.8) is 0 Å². The maximum absolute atomic E-state index is 8.99. The molecule has 0 heterocycles. The average molecular weight is 334 g/mol. The average Bonchev–Trinajstić information content (AvgIpc) is 2.91. The molecule has 0 bridgehead atoms. The second-order valence-corrected chi connectivity index (χ2v) is 9.75. The summed E-state index contributed by atoms with van der Waals surface area (Å²) in [5.74, 6) is 4.09. The van der Waals surface area contributed by atoms with Gasteiger partial charge in [-0.15, -0.1) is 0 Å². The standard InChI is InChI=1S/C21H35NO2/c1-14(22-23)24-19-10-9-17-16-8-7-15-6-4-5-12-20(15,2)18(16)11-13-21(17,19)3/h15-19,23H,4-13H2,1-3H3/t15?,16-,17-,18+,19?,20-,21-/m0/s1. The number of fused-ring (bicyclic) bond motifs is 5. The lowest BCUT2D eigenvalue weighted by Crippen LogP contribution is -2.53. The summed E-state index contributed by atoms with van der Waals surface area (Å²) in [6, 6.07) is 0. The van der Waals surface area contributed by atoms with Crippen LogP contribution in [0.15, 0.2) is 5.16 Å². The Bertz CT molecular complexity index is 518. The number of nitrogens with zero attached hydrogens (tertiary/aromatic N) is 1. The Hall–Kier alpha value is -0.730. The molecule has 0 amide bonds. The molecule has 0 aromatic heterocycles. The van der Waals surface area contributed by atoms with Gasteiger partial charge in [-0.1, -0.05) is 31.8 Å². The molecule has 0 radical (unpaired) electrons. The summed E-state index contributed by atoms with van der Waals surface area (Å²) in [7, 11) is 0. The third-order valence-corrected chi connectivity index (χ3v) is 8.95. The van der Waals surface area contributed by atoms with E-state index in [1.807, 2.05) is 0 Å². The molecular formula is C21H35NO2. The lowest BCUT2D eigenvalue weighted by Gasteiger charge is -2.60. The largest absolute Gasteiger partial charge is 0.475 e. The number of hydrogen-bond acceptors (Lipinski definition) is 3. The predicted molar refractivity (Wildman–Crippen MR) is 96.1 cm³/mol. The predicted octanol–water partition coefficient (Wildman–Crippen LogP) is 5.61. The normalized spacial score (nSPS) is 51.5. The van der Waals surface area contributed by atoms with Crippen LogP contribution in [-0.2, 0) is 4.74 Å². The number of ether oxygens (including phenoxy) is 1. The van der Waals surface area contributed by atoms with Crippen LogP contribution in [0.5, 0.6) is 0 Å². The van der Waals surface area contributed by atoms with Gasteiger partial charge < -0.3 is 9.94 Å². The number of oxime groups is 1. The third-order valence-electron chi connectivity index (χ3n) is 8.95. The van der Waals surface area contributed by atoms with Crippen molar-refractivity contribution in [3.05, 3.63) is 0 Å². The molecular weight excluding hydrogens is 298 g/mol. The van der Waals surface area contributed by atoms with E-state index in [0.29, 0.717) is 11.3 Å². The molecule has 2 unspecified atom stereocenters. The Labute approximate surface area is 147 Å². The molecule has 4 saturated carbocycles. The van der Waals surface area contributed by atoms with E-state index >= 15 is 0 Å². The second kappa shape index (κ2) is 5.92. The maximum Gasteiger partial charge on any atom is 0.222 e. The highest BCUT2D eigenvalue weighted by molar-refractivity contribution is 5.72. The Balaban J connectivity index is 1.57. The summed E-state index contributed by atoms with van der Waals surface area (Å²) < 4.78 is 6.04. The van der Waals surface area contributed by atoms with Crippen LogP contribution < -0.4 is 0 Å². The molecule has 4 fully saturated rings. The van der Waals surface area contributed by atoms with Gasteiger partial charge in [-0.05, 0) is 80.5 Å². The summed E-state index contributed by atoms with van der Waals surface area (Å²) in [4.78, 5) is 0. The van der Waals surface area contributed by atoms with Crippen LogP contribution in [0.2, 0.25) is 0 Å². The van der Waals surface area contributed by atoms with Gasteiger partial charge >= 0.3 is 0 Å². The molecule has 3 nitrogen and oxygen atoms in total. The van der Waals surface area contributed by atoms with Crippen molar-refractivity contribution >= 4 is 5.90 Å². The van der Waals surface area contributed by atoms with Gasteiger partial charge in [0.2, 0.25) is 5.90 Å². The number of rotatable bonds is 1. The minimum atomic E-state index is 0.247. The molecule has 3 heteroatoms. The van der Waals surface area contributed by atoms with Crippen LogP contribution in [0, 0.1) is 34.5 Å². The first kappa shape index (κ1) is 16.7. The van der Waals surface area contributed by atoms with Crippen molar-refractivity contribution in [1.82, 2.24) is 0 Å².